The number of rotatable bonds is 11. The summed E-state index contributed by atoms with van der Waals surface area (Å²) in [5.74, 6) is -3.65. The van der Waals surface area contributed by atoms with E-state index in [0.717, 1.165) is 22.4 Å². The maximum atomic E-state index is 13.4. The first kappa shape index (κ1) is 33.5. The standard InChI is InChI=1S/C25H24N12O9S3/c1-35-4-14-28-10(19(39)32-45)2-15(37(14)34-35)47-6-9-7-48-23-17(22(42)36(23)18(9)24(43)44)31-21(41)16(11-8-49-25(26)29-11)33-46-5-13-27-3-12(38)20(40)30-13/h2-4,8,17,23,34,38,45H,5-7H2,1H3,(H2,26,29)(H,31,41)(H,32,39)(H,43,44)(H,27,30,40)/t17-,23-/m1/s1. The molecule has 0 spiro atoms. The summed E-state index contributed by atoms with van der Waals surface area (Å²) in [6.07, 6.45) is 3.94. The SMILES string of the molecule is CN1C=C2N=C(C(=O)NO)C=C(SCC3=C(C(=O)O)N4C(=O)[C@@H](NC(=O)C(=NOCc5ncc(O)c(=O)[nH]5)c5csc(N)n5)[C@H]4SC3)N2N1. The summed E-state index contributed by atoms with van der Waals surface area (Å²) >= 11 is 3.44. The number of aromatic nitrogens is 3. The molecule has 1 saturated heterocycles. The largest absolute Gasteiger partial charge is 0.502 e. The van der Waals surface area contributed by atoms with Crippen LogP contribution in [0, 0.1) is 0 Å². The lowest BCUT2D eigenvalue weighted by Crippen LogP contribution is -2.71. The zero-order valence-corrected chi connectivity index (χ0v) is 27.3. The molecule has 49 heavy (non-hydrogen) atoms. The van der Waals surface area contributed by atoms with Crippen molar-refractivity contribution < 1.29 is 39.4 Å². The number of hydrazine groups is 2. The number of aliphatic carboxylic acids is 1. The fourth-order valence-corrected chi connectivity index (χ4v) is 7.79. The molecule has 6 heterocycles. The van der Waals surface area contributed by atoms with Crippen molar-refractivity contribution in [1.29, 1.82) is 0 Å². The molecule has 0 bridgehead atoms. The summed E-state index contributed by atoms with van der Waals surface area (Å²) in [6.45, 7) is -0.393. The Hall–Kier alpha value is -5.43. The monoisotopic (exact) mass is 732 g/mol. The van der Waals surface area contributed by atoms with Crippen LogP contribution in [0.1, 0.15) is 11.5 Å². The number of nitrogens with zero attached hydrogens (tertiary/aromatic N) is 7. The van der Waals surface area contributed by atoms with Gasteiger partial charge in [-0.25, -0.2) is 30.2 Å². The maximum Gasteiger partial charge on any atom is 0.352 e. The van der Waals surface area contributed by atoms with Crippen molar-refractivity contribution in [3.8, 4) is 5.75 Å². The van der Waals surface area contributed by atoms with E-state index in [1.807, 2.05) is 0 Å². The number of carbonyl (C=O) groups excluding carboxylic acids is 3. The summed E-state index contributed by atoms with van der Waals surface area (Å²) < 4.78 is 0. The number of aromatic amines is 1. The van der Waals surface area contributed by atoms with Crippen molar-refractivity contribution in [2.75, 3.05) is 24.3 Å². The highest BCUT2D eigenvalue weighted by molar-refractivity contribution is 8.03. The second-order valence-electron chi connectivity index (χ2n) is 10.2. The number of nitrogen functional groups attached to an aromatic ring is 1. The van der Waals surface area contributed by atoms with Gasteiger partial charge in [0.05, 0.1) is 17.4 Å². The van der Waals surface area contributed by atoms with Gasteiger partial charge in [-0.05, 0) is 5.57 Å². The molecule has 0 unspecified atom stereocenters. The van der Waals surface area contributed by atoms with Gasteiger partial charge in [0.2, 0.25) is 0 Å². The van der Waals surface area contributed by atoms with Gasteiger partial charge in [-0.2, -0.15) is 0 Å². The number of hydrogen-bond acceptors (Lipinski definition) is 19. The minimum absolute atomic E-state index is 0.000544. The number of thiazole rings is 1. The van der Waals surface area contributed by atoms with Crippen LogP contribution in [0.4, 0.5) is 5.13 Å². The van der Waals surface area contributed by atoms with Crippen LogP contribution in [0.25, 0.3) is 0 Å². The predicted molar refractivity (Wildman–Crippen MR) is 173 cm³/mol. The summed E-state index contributed by atoms with van der Waals surface area (Å²) in [6, 6.07) is -1.12. The van der Waals surface area contributed by atoms with Crippen molar-refractivity contribution in [2.24, 2.45) is 10.1 Å². The fraction of sp³-hybridized carbons (Fsp3) is 0.240. The third kappa shape index (κ3) is 6.66. The third-order valence-electron chi connectivity index (χ3n) is 6.95. The van der Waals surface area contributed by atoms with Crippen LogP contribution in [0.15, 0.2) is 60.9 Å². The van der Waals surface area contributed by atoms with E-state index in [1.165, 1.54) is 40.5 Å². The molecule has 0 aromatic carbocycles. The van der Waals surface area contributed by atoms with E-state index in [9.17, 15) is 34.2 Å². The van der Waals surface area contributed by atoms with Crippen LogP contribution >= 0.6 is 34.9 Å². The van der Waals surface area contributed by atoms with Crippen LogP contribution in [0.3, 0.4) is 0 Å². The number of H-pyrrole nitrogens is 1. The Morgan fingerprint density at radius 3 is 2.80 bits per heavy atom. The van der Waals surface area contributed by atoms with E-state index in [4.69, 9.17) is 15.8 Å². The second kappa shape index (κ2) is 13.6. The topological polar surface area (TPSA) is 293 Å². The van der Waals surface area contributed by atoms with E-state index in [1.54, 1.807) is 23.3 Å². The third-order valence-corrected chi connectivity index (χ3v) is 10.0. The molecule has 0 radical (unpaired) electrons. The summed E-state index contributed by atoms with van der Waals surface area (Å²) in [7, 11) is 1.70. The van der Waals surface area contributed by atoms with Crippen LogP contribution in [0.2, 0.25) is 0 Å². The van der Waals surface area contributed by atoms with Crippen LogP contribution in [-0.4, -0.2) is 110 Å². The number of hydrogen-bond donors (Lipinski definition) is 8. The van der Waals surface area contributed by atoms with Gasteiger partial charge in [0.15, 0.2) is 29.0 Å². The molecule has 0 aliphatic carbocycles. The van der Waals surface area contributed by atoms with Gasteiger partial charge in [-0.1, -0.05) is 5.16 Å². The lowest BCUT2D eigenvalue weighted by molar-refractivity contribution is -0.150. The number of thioether (sulfide) groups is 2. The molecule has 256 valence electrons. The number of aromatic hydroxyl groups is 1. The Labute approximate surface area is 286 Å². The molecule has 2 aromatic heterocycles. The zero-order valence-electron chi connectivity index (χ0n) is 24.8. The van der Waals surface area contributed by atoms with E-state index in [-0.39, 0.29) is 45.3 Å². The number of anilines is 1. The van der Waals surface area contributed by atoms with Gasteiger partial charge < -0.3 is 31.1 Å². The minimum atomic E-state index is -1.34. The molecule has 3 amide bonds. The number of hydroxylamine groups is 1. The van der Waals surface area contributed by atoms with E-state index in [0.29, 0.717) is 16.4 Å². The van der Waals surface area contributed by atoms with Gasteiger partial charge in [0, 0.05) is 30.0 Å². The van der Waals surface area contributed by atoms with Gasteiger partial charge in [-0.3, -0.25) is 34.3 Å². The average Bonchev–Trinajstić information content (AvgIpc) is 3.68. The highest BCUT2D eigenvalue weighted by atomic mass is 32.2. The summed E-state index contributed by atoms with van der Waals surface area (Å²) in [5.41, 5.74) is 9.27. The number of carboxylic acid groups (broad SMARTS) is 1. The molecule has 2 aromatic rings. The molecule has 2 atom stereocenters. The maximum absolute atomic E-state index is 13.4. The normalized spacial score (nSPS) is 20.1. The Kier molecular flexibility index (Phi) is 9.28. The van der Waals surface area contributed by atoms with Crippen molar-refractivity contribution in [1.82, 2.24) is 46.2 Å². The quantitative estimate of drug-likeness (QED) is 0.0546. The molecule has 0 saturated carbocycles. The number of carboxylic acids is 1. The summed E-state index contributed by atoms with van der Waals surface area (Å²) in [5, 5.41) is 39.4. The highest BCUT2D eigenvalue weighted by Gasteiger charge is 2.54. The van der Waals surface area contributed by atoms with Crippen molar-refractivity contribution in [3.05, 3.63) is 67.8 Å². The van der Waals surface area contributed by atoms with Crippen molar-refractivity contribution >= 4 is 75.1 Å². The molecule has 9 N–H and O–H groups in total. The Morgan fingerprint density at radius 2 is 2.10 bits per heavy atom. The molecular weight excluding hydrogens is 709 g/mol. The fourth-order valence-electron chi connectivity index (χ4n) is 4.75. The Morgan fingerprint density at radius 1 is 1.31 bits per heavy atom. The number of amides is 3. The molecule has 6 rings (SSSR count). The zero-order chi connectivity index (χ0) is 35.0. The van der Waals surface area contributed by atoms with Gasteiger partial charge in [0.25, 0.3) is 23.3 Å². The van der Waals surface area contributed by atoms with Gasteiger partial charge in [-0.15, -0.1) is 40.4 Å². The van der Waals surface area contributed by atoms with Crippen molar-refractivity contribution in [2.45, 2.75) is 18.0 Å². The van der Waals surface area contributed by atoms with E-state index >= 15 is 0 Å². The molecule has 24 heteroatoms. The minimum Gasteiger partial charge on any atom is -0.502 e. The molecule has 4 aliphatic rings. The first-order valence-electron chi connectivity index (χ1n) is 13.7. The van der Waals surface area contributed by atoms with E-state index < -0.39 is 53.0 Å². The molecule has 1 fully saturated rings. The number of aliphatic imine (C=N–C) groups is 1. The summed E-state index contributed by atoms with van der Waals surface area (Å²) in [4.78, 5) is 83.5. The van der Waals surface area contributed by atoms with Crippen molar-refractivity contribution in [3.63, 3.8) is 0 Å². The first-order valence-corrected chi connectivity index (χ1v) is 16.6. The molecular formula is C25H24N12O9S3. The average molecular weight is 733 g/mol. The number of carbonyl (C=O) groups is 4. The lowest BCUT2D eigenvalue weighted by atomic mass is 10.0. The number of β-lactam (4-membered cyclic amide) rings is 1. The predicted octanol–water partition coefficient (Wildman–Crippen LogP) is -1.83. The number of oxime groups is 1. The van der Waals surface area contributed by atoms with Gasteiger partial charge >= 0.3 is 5.97 Å². The second-order valence-corrected chi connectivity index (χ2v) is 13.2. The van der Waals surface area contributed by atoms with Gasteiger partial charge in [0.1, 0.15) is 34.3 Å². The van der Waals surface area contributed by atoms with Crippen LogP contribution < -0.4 is 27.6 Å². The smallest absolute Gasteiger partial charge is 0.352 e. The van der Waals surface area contributed by atoms with E-state index in [2.05, 4.69) is 36.0 Å². The van der Waals surface area contributed by atoms with Crippen LogP contribution in [0.5, 0.6) is 5.75 Å². The first-order chi connectivity index (χ1) is 23.4. The Bertz CT molecular complexity index is 1970. The lowest BCUT2D eigenvalue weighted by Gasteiger charge is -2.49. The van der Waals surface area contributed by atoms with Crippen LogP contribution in [-0.2, 0) is 30.6 Å². The number of nitrogens with two attached hydrogens (primary N) is 1. The molecule has 4 aliphatic heterocycles. The highest BCUT2D eigenvalue weighted by Crippen LogP contribution is 2.42. The number of fused-ring (bicyclic) bond motifs is 2. The number of nitrogens with one attached hydrogen (secondary N) is 4. The Balaban J connectivity index is 1.16. The molecule has 21 nitrogen and oxygen atoms in total.